The highest BCUT2D eigenvalue weighted by Gasteiger charge is 2.18. The van der Waals surface area contributed by atoms with Gasteiger partial charge >= 0.3 is 5.97 Å². The van der Waals surface area contributed by atoms with E-state index in [1.54, 1.807) is 25.3 Å². The van der Waals surface area contributed by atoms with Crippen molar-refractivity contribution in [3.63, 3.8) is 0 Å². The van der Waals surface area contributed by atoms with Gasteiger partial charge in [0, 0.05) is 16.3 Å². The molecule has 0 fully saturated rings. The Morgan fingerprint density at radius 1 is 1.04 bits per heavy atom. The van der Waals surface area contributed by atoms with E-state index in [-0.39, 0.29) is 18.8 Å². The van der Waals surface area contributed by atoms with Gasteiger partial charge in [-0.1, -0.05) is 24.3 Å². The number of ketones is 1. The molecule has 0 aliphatic rings. The Kier molecular flexibility index (Phi) is 5.76. The van der Waals surface area contributed by atoms with E-state index >= 15 is 0 Å². The minimum absolute atomic E-state index is 0.0197. The maximum Gasteiger partial charge on any atom is 0.310 e. The van der Waals surface area contributed by atoms with Gasteiger partial charge in [-0.25, -0.2) is 0 Å². The van der Waals surface area contributed by atoms with Crippen LogP contribution in [0.2, 0.25) is 0 Å². The van der Waals surface area contributed by atoms with Crippen molar-refractivity contribution in [1.29, 1.82) is 0 Å². The third-order valence-corrected chi connectivity index (χ3v) is 5.60. The SMILES string of the molecule is COc1ccc(CC(=O)OCC(=O)c2sc3ccccc3c2C)c(OC)c1. The van der Waals surface area contributed by atoms with Crippen LogP contribution in [0.1, 0.15) is 20.8 Å². The van der Waals surface area contributed by atoms with Crippen LogP contribution in [0.25, 0.3) is 10.1 Å². The van der Waals surface area contributed by atoms with Crippen LogP contribution in [0.15, 0.2) is 42.5 Å². The average Bonchev–Trinajstić information content (AvgIpc) is 3.03. The summed E-state index contributed by atoms with van der Waals surface area (Å²) < 4.78 is 16.7. The van der Waals surface area contributed by atoms with Gasteiger partial charge in [0.05, 0.1) is 25.5 Å². The average molecular weight is 384 g/mol. The summed E-state index contributed by atoms with van der Waals surface area (Å²) in [5.74, 6) is 0.506. The summed E-state index contributed by atoms with van der Waals surface area (Å²) in [6.07, 6.45) is 0.0197. The van der Waals surface area contributed by atoms with Crippen LogP contribution in [0.5, 0.6) is 11.5 Å². The van der Waals surface area contributed by atoms with E-state index in [0.29, 0.717) is 21.9 Å². The number of rotatable bonds is 7. The molecule has 0 N–H and O–H groups in total. The number of esters is 1. The van der Waals surface area contributed by atoms with Crippen LogP contribution in [0, 0.1) is 6.92 Å². The Balaban J connectivity index is 1.65. The van der Waals surface area contributed by atoms with Crippen molar-refractivity contribution in [2.75, 3.05) is 20.8 Å². The topological polar surface area (TPSA) is 61.8 Å². The number of hydrogen-bond acceptors (Lipinski definition) is 6. The van der Waals surface area contributed by atoms with Crippen molar-refractivity contribution in [1.82, 2.24) is 0 Å². The number of methoxy groups -OCH3 is 2. The molecule has 0 amide bonds. The number of benzene rings is 2. The normalized spacial score (nSPS) is 10.6. The number of thiophene rings is 1. The quantitative estimate of drug-likeness (QED) is 0.451. The van der Waals surface area contributed by atoms with Gasteiger partial charge in [0.2, 0.25) is 5.78 Å². The molecule has 0 bridgehead atoms. The summed E-state index contributed by atoms with van der Waals surface area (Å²) in [5, 5.41) is 1.06. The van der Waals surface area contributed by atoms with Crippen LogP contribution in [0.4, 0.5) is 0 Å². The number of aryl methyl sites for hydroxylation is 1. The van der Waals surface area contributed by atoms with Crippen molar-refractivity contribution < 1.29 is 23.8 Å². The standard InChI is InChI=1S/C21H20O5S/c1-13-16-6-4-5-7-19(16)27-21(13)17(22)12-26-20(23)10-14-8-9-15(24-2)11-18(14)25-3/h4-9,11H,10,12H2,1-3H3. The van der Waals surface area contributed by atoms with E-state index in [2.05, 4.69) is 0 Å². The summed E-state index contributed by atoms with van der Waals surface area (Å²) in [7, 11) is 3.09. The van der Waals surface area contributed by atoms with Gasteiger partial charge in [0.1, 0.15) is 11.5 Å². The molecule has 1 aromatic heterocycles. The Bertz CT molecular complexity index is 989. The van der Waals surface area contributed by atoms with Crippen molar-refractivity contribution in [2.24, 2.45) is 0 Å². The second-order valence-electron chi connectivity index (χ2n) is 5.99. The molecule has 5 nitrogen and oxygen atoms in total. The third-order valence-electron chi connectivity index (χ3n) is 4.29. The van der Waals surface area contributed by atoms with Crippen molar-refractivity contribution in [3.8, 4) is 11.5 Å². The van der Waals surface area contributed by atoms with Crippen molar-refractivity contribution in [3.05, 3.63) is 58.5 Å². The summed E-state index contributed by atoms with van der Waals surface area (Å²) in [4.78, 5) is 25.3. The zero-order valence-electron chi connectivity index (χ0n) is 15.4. The molecule has 140 valence electrons. The number of hydrogen-bond donors (Lipinski definition) is 0. The third kappa shape index (κ3) is 4.11. The first kappa shape index (κ1) is 18.9. The summed E-state index contributed by atoms with van der Waals surface area (Å²) in [5.41, 5.74) is 1.60. The van der Waals surface area contributed by atoms with Gasteiger partial charge in [-0.3, -0.25) is 9.59 Å². The first-order valence-corrected chi connectivity index (χ1v) is 9.23. The number of carbonyl (C=O) groups is 2. The van der Waals surface area contributed by atoms with E-state index in [1.807, 2.05) is 31.2 Å². The molecular formula is C21H20O5S. The second kappa shape index (κ2) is 8.22. The van der Waals surface area contributed by atoms with E-state index < -0.39 is 5.97 Å². The van der Waals surface area contributed by atoms with E-state index in [4.69, 9.17) is 14.2 Å². The predicted octanol–water partition coefficient (Wildman–Crippen LogP) is 4.20. The molecule has 3 rings (SSSR count). The summed E-state index contributed by atoms with van der Waals surface area (Å²) >= 11 is 1.42. The zero-order chi connectivity index (χ0) is 19.4. The van der Waals surface area contributed by atoms with Gasteiger partial charge in [-0.05, 0) is 30.0 Å². The monoisotopic (exact) mass is 384 g/mol. The van der Waals surface area contributed by atoms with E-state index in [1.165, 1.54) is 18.4 Å². The van der Waals surface area contributed by atoms with Crippen LogP contribution in [-0.4, -0.2) is 32.6 Å². The predicted molar refractivity (Wildman–Crippen MR) is 105 cm³/mol. The molecule has 0 aliphatic carbocycles. The first-order valence-electron chi connectivity index (χ1n) is 8.41. The molecule has 0 radical (unpaired) electrons. The minimum Gasteiger partial charge on any atom is -0.497 e. The van der Waals surface area contributed by atoms with E-state index in [0.717, 1.165) is 15.6 Å². The summed E-state index contributed by atoms with van der Waals surface area (Å²) in [6.45, 7) is 1.64. The Morgan fingerprint density at radius 3 is 2.52 bits per heavy atom. The van der Waals surface area contributed by atoms with Crippen LogP contribution in [-0.2, 0) is 16.0 Å². The molecule has 0 saturated heterocycles. The van der Waals surface area contributed by atoms with Gasteiger partial charge in [0.25, 0.3) is 0 Å². The van der Waals surface area contributed by atoms with Gasteiger partial charge < -0.3 is 14.2 Å². The first-order chi connectivity index (χ1) is 13.0. The fraction of sp³-hybridized carbons (Fsp3) is 0.238. The lowest BCUT2D eigenvalue weighted by Gasteiger charge is -2.10. The van der Waals surface area contributed by atoms with E-state index in [9.17, 15) is 9.59 Å². The maximum atomic E-state index is 12.5. The minimum atomic E-state index is -0.481. The Labute approximate surface area is 161 Å². The molecule has 0 unspecified atom stereocenters. The highest BCUT2D eigenvalue weighted by molar-refractivity contribution is 7.21. The molecule has 0 spiro atoms. The molecule has 0 aliphatic heterocycles. The highest BCUT2D eigenvalue weighted by Crippen LogP contribution is 2.31. The molecule has 27 heavy (non-hydrogen) atoms. The molecule has 6 heteroatoms. The lowest BCUT2D eigenvalue weighted by molar-refractivity contribution is -0.141. The Morgan fingerprint density at radius 2 is 1.81 bits per heavy atom. The molecular weight excluding hydrogens is 364 g/mol. The number of carbonyl (C=O) groups excluding carboxylic acids is 2. The number of fused-ring (bicyclic) bond motifs is 1. The molecule has 1 heterocycles. The zero-order valence-corrected chi connectivity index (χ0v) is 16.2. The lowest BCUT2D eigenvalue weighted by Crippen LogP contribution is -2.15. The van der Waals surface area contributed by atoms with Gasteiger partial charge in [-0.2, -0.15) is 0 Å². The molecule has 3 aromatic rings. The van der Waals surface area contributed by atoms with Gasteiger partial charge in [0.15, 0.2) is 6.61 Å². The molecule has 0 saturated carbocycles. The fourth-order valence-electron chi connectivity index (χ4n) is 2.86. The number of Topliss-reactive ketones (excluding diaryl/α,β-unsaturated/α-hetero) is 1. The lowest BCUT2D eigenvalue weighted by atomic mass is 10.1. The highest BCUT2D eigenvalue weighted by atomic mass is 32.1. The van der Waals surface area contributed by atoms with Crippen LogP contribution in [0.3, 0.4) is 0 Å². The largest absolute Gasteiger partial charge is 0.497 e. The van der Waals surface area contributed by atoms with Crippen molar-refractivity contribution in [2.45, 2.75) is 13.3 Å². The summed E-state index contributed by atoms with van der Waals surface area (Å²) in [6, 6.07) is 13.0. The smallest absolute Gasteiger partial charge is 0.310 e. The number of ether oxygens (including phenoxy) is 3. The van der Waals surface area contributed by atoms with Crippen LogP contribution >= 0.6 is 11.3 Å². The van der Waals surface area contributed by atoms with Crippen molar-refractivity contribution >= 4 is 33.2 Å². The maximum absolute atomic E-state index is 12.5. The molecule has 2 aromatic carbocycles. The van der Waals surface area contributed by atoms with Gasteiger partial charge in [-0.15, -0.1) is 11.3 Å². The molecule has 0 atom stereocenters. The Hall–Kier alpha value is -2.86. The second-order valence-corrected chi connectivity index (χ2v) is 7.04. The fourth-order valence-corrected chi connectivity index (χ4v) is 3.99. The van der Waals surface area contributed by atoms with Crippen LogP contribution < -0.4 is 9.47 Å².